The molecular formula is C17H20ClN3. The second-order valence-electron chi connectivity index (χ2n) is 5.69. The second-order valence-corrected chi connectivity index (χ2v) is 6.10. The zero-order chi connectivity index (χ0) is 14.7. The van der Waals surface area contributed by atoms with Crippen LogP contribution in [0, 0.1) is 5.92 Å². The Labute approximate surface area is 130 Å². The lowest BCUT2D eigenvalue weighted by molar-refractivity contribution is 0.433. The summed E-state index contributed by atoms with van der Waals surface area (Å²) < 4.78 is 0. The van der Waals surface area contributed by atoms with E-state index in [0.717, 1.165) is 35.8 Å². The fourth-order valence-corrected chi connectivity index (χ4v) is 3.19. The number of aromatic nitrogens is 2. The van der Waals surface area contributed by atoms with Gasteiger partial charge < -0.3 is 5.32 Å². The van der Waals surface area contributed by atoms with Gasteiger partial charge in [0.05, 0.1) is 0 Å². The minimum Gasteiger partial charge on any atom is -0.319 e. The monoisotopic (exact) mass is 301 g/mol. The predicted octanol–water partition coefficient (Wildman–Crippen LogP) is 3.05. The van der Waals surface area contributed by atoms with Crippen molar-refractivity contribution in [2.45, 2.75) is 25.7 Å². The summed E-state index contributed by atoms with van der Waals surface area (Å²) in [5.41, 5.74) is 3.62. The first-order chi connectivity index (χ1) is 10.3. The van der Waals surface area contributed by atoms with Crippen LogP contribution in [0.2, 0.25) is 5.02 Å². The largest absolute Gasteiger partial charge is 0.319 e. The van der Waals surface area contributed by atoms with Crippen LogP contribution in [0.5, 0.6) is 0 Å². The number of fused-ring (bicyclic) bond motifs is 1. The third-order valence-corrected chi connectivity index (χ3v) is 4.47. The summed E-state index contributed by atoms with van der Waals surface area (Å²) in [7, 11) is 2.01. The Morgan fingerprint density at radius 3 is 3.00 bits per heavy atom. The van der Waals surface area contributed by atoms with Crippen LogP contribution < -0.4 is 5.32 Å². The van der Waals surface area contributed by atoms with E-state index >= 15 is 0 Å². The summed E-state index contributed by atoms with van der Waals surface area (Å²) in [5, 5.41) is 4.05. The average molecular weight is 302 g/mol. The number of hydrogen-bond donors (Lipinski definition) is 1. The lowest BCUT2D eigenvalue weighted by Gasteiger charge is -2.23. The molecule has 0 bridgehead atoms. The van der Waals surface area contributed by atoms with Crippen LogP contribution in [0.25, 0.3) is 0 Å². The Morgan fingerprint density at radius 1 is 1.33 bits per heavy atom. The van der Waals surface area contributed by atoms with Crippen molar-refractivity contribution in [3.63, 3.8) is 0 Å². The van der Waals surface area contributed by atoms with Crippen LogP contribution in [-0.2, 0) is 19.3 Å². The first kappa shape index (κ1) is 14.5. The number of nitrogens with one attached hydrogen (secondary N) is 1. The van der Waals surface area contributed by atoms with Crippen molar-refractivity contribution in [3.05, 3.63) is 58.1 Å². The van der Waals surface area contributed by atoms with Crippen LogP contribution in [-0.4, -0.2) is 23.6 Å². The summed E-state index contributed by atoms with van der Waals surface area (Å²) in [6, 6.07) is 7.90. The van der Waals surface area contributed by atoms with E-state index in [4.69, 9.17) is 16.6 Å². The number of aryl methyl sites for hydroxylation is 1. The van der Waals surface area contributed by atoms with Gasteiger partial charge in [-0.2, -0.15) is 0 Å². The lowest BCUT2D eigenvalue weighted by atomic mass is 9.87. The van der Waals surface area contributed by atoms with Crippen LogP contribution >= 0.6 is 11.6 Å². The number of nitrogens with zero attached hydrogens (tertiary/aromatic N) is 2. The number of benzene rings is 1. The molecule has 3 rings (SSSR count). The molecule has 0 saturated heterocycles. The van der Waals surface area contributed by atoms with Crippen molar-refractivity contribution in [1.82, 2.24) is 15.3 Å². The highest BCUT2D eigenvalue weighted by molar-refractivity contribution is 6.31. The van der Waals surface area contributed by atoms with E-state index in [9.17, 15) is 0 Å². The van der Waals surface area contributed by atoms with Crippen LogP contribution in [0.3, 0.4) is 0 Å². The van der Waals surface area contributed by atoms with Gasteiger partial charge in [-0.15, -0.1) is 0 Å². The van der Waals surface area contributed by atoms with Crippen molar-refractivity contribution in [2.75, 3.05) is 13.6 Å². The van der Waals surface area contributed by atoms with Gasteiger partial charge in [-0.25, -0.2) is 9.97 Å². The van der Waals surface area contributed by atoms with Crippen molar-refractivity contribution in [2.24, 2.45) is 5.92 Å². The minimum absolute atomic E-state index is 0.701. The fraction of sp³-hybridized carbons (Fsp3) is 0.412. The Morgan fingerprint density at radius 2 is 2.19 bits per heavy atom. The van der Waals surface area contributed by atoms with Crippen molar-refractivity contribution in [3.8, 4) is 0 Å². The molecule has 0 amide bonds. The number of halogens is 1. The Kier molecular flexibility index (Phi) is 4.51. The van der Waals surface area contributed by atoms with Crippen molar-refractivity contribution >= 4 is 11.6 Å². The van der Waals surface area contributed by atoms with E-state index in [2.05, 4.69) is 10.3 Å². The smallest absolute Gasteiger partial charge is 0.132 e. The molecule has 1 atom stereocenters. The molecule has 1 aromatic carbocycles. The molecule has 1 aliphatic carbocycles. The summed E-state index contributed by atoms with van der Waals surface area (Å²) in [6.07, 6.45) is 6.06. The van der Waals surface area contributed by atoms with Crippen LogP contribution in [0.15, 0.2) is 30.5 Å². The zero-order valence-corrected chi connectivity index (χ0v) is 13.0. The average Bonchev–Trinajstić information content (AvgIpc) is 2.50. The molecule has 21 heavy (non-hydrogen) atoms. The standard InChI is InChI=1S/C17H20ClN3/c1-19-10-12-6-7-16-14(8-12)11-20-17(21-16)9-13-4-2-3-5-15(13)18/h2-5,11-12,19H,6-10H2,1H3. The molecule has 1 heterocycles. The van der Waals surface area contributed by atoms with Gasteiger partial charge in [0, 0.05) is 23.3 Å². The van der Waals surface area contributed by atoms with Gasteiger partial charge >= 0.3 is 0 Å². The molecule has 4 heteroatoms. The van der Waals surface area contributed by atoms with E-state index in [-0.39, 0.29) is 0 Å². The number of hydrogen-bond acceptors (Lipinski definition) is 3. The maximum absolute atomic E-state index is 6.21. The van der Waals surface area contributed by atoms with Gasteiger partial charge in [0.2, 0.25) is 0 Å². The topological polar surface area (TPSA) is 37.8 Å². The van der Waals surface area contributed by atoms with Crippen molar-refractivity contribution < 1.29 is 0 Å². The number of rotatable bonds is 4. The molecule has 2 aromatic rings. The van der Waals surface area contributed by atoms with E-state index < -0.39 is 0 Å². The molecule has 0 spiro atoms. The maximum Gasteiger partial charge on any atom is 0.132 e. The van der Waals surface area contributed by atoms with E-state index in [1.165, 1.54) is 17.7 Å². The first-order valence-electron chi connectivity index (χ1n) is 7.48. The lowest BCUT2D eigenvalue weighted by Crippen LogP contribution is -2.25. The summed E-state index contributed by atoms with van der Waals surface area (Å²) in [4.78, 5) is 9.29. The molecule has 1 unspecified atom stereocenters. The highest BCUT2D eigenvalue weighted by atomic mass is 35.5. The zero-order valence-electron chi connectivity index (χ0n) is 12.3. The van der Waals surface area contributed by atoms with E-state index in [0.29, 0.717) is 12.3 Å². The molecular weight excluding hydrogens is 282 g/mol. The summed E-state index contributed by atoms with van der Waals surface area (Å²) >= 11 is 6.21. The second kappa shape index (κ2) is 6.54. The molecule has 1 N–H and O–H groups in total. The van der Waals surface area contributed by atoms with Gasteiger partial charge in [-0.05, 0) is 56.0 Å². The molecule has 110 valence electrons. The van der Waals surface area contributed by atoms with Crippen LogP contribution in [0.4, 0.5) is 0 Å². The quantitative estimate of drug-likeness (QED) is 0.943. The molecule has 0 radical (unpaired) electrons. The Balaban J connectivity index is 1.77. The van der Waals surface area contributed by atoms with Gasteiger partial charge in [0.25, 0.3) is 0 Å². The summed E-state index contributed by atoms with van der Waals surface area (Å²) in [5.74, 6) is 1.58. The third-order valence-electron chi connectivity index (χ3n) is 4.10. The van der Waals surface area contributed by atoms with Crippen LogP contribution in [0.1, 0.15) is 29.1 Å². The minimum atomic E-state index is 0.701. The SMILES string of the molecule is CNCC1CCc2nc(Cc3ccccc3Cl)ncc2C1. The third kappa shape index (κ3) is 3.42. The van der Waals surface area contributed by atoms with Gasteiger partial charge in [0.1, 0.15) is 5.82 Å². The Hall–Kier alpha value is -1.45. The molecule has 0 fully saturated rings. The highest BCUT2D eigenvalue weighted by Gasteiger charge is 2.20. The molecule has 0 aliphatic heterocycles. The Bertz CT molecular complexity index is 627. The first-order valence-corrected chi connectivity index (χ1v) is 7.85. The summed E-state index contributed by atoms with van der Waals surface area (Å²) in [6.45, 7) is 1.07. The fourth-order valence-electron chi connectivity index (χ4n) is 2.98. The predicted molar refractivity (Wildman–Crippen MR) is 85.7 cm³/mol. The molecule has 1 aliphatic rings. The van der Waals surface area contributed by atoms with Gasteiger partial charge in [-0.3, -0.25) is 0 Å². The van der Waals surface area contributed by atoms with Gasteiger partial charge in [0.15, 0.2) is 0 Å². The molecule has 0 saturated carbocycles. The van der Waals surface area contributed by atoms with E-state index in [1.54, 1.807) is 0 Å². The molecule has 1 aromatic heterocycles. The van der Waals surface area contributed by atoms with Gasteiger partial charge in [-0.1, -0.05) is 29.8 Å². The van der Waals surface area contributed by atoms with Crippen molar-refractivity contribution in [1.29, 1.82) is 0 Å². The normalized spacial score (nSPS) is 17.5. The van der Waals surface area contributed by atoms with E-state index in [1.807, 2.05) is 37.5 Å². The highest BCUT2D eigenvalue weighted by Crippen LogP contribution is 2.24. The molecule has 3 nitrogen and oxygen atoms in total. The maximum atomic E-state index is 6.21.